The summed E-state index contributed by atoms with van der Waals surface area (Å²) in [5.74, 6) is -0.244. The summed E-state index contributed by atoms with van der Waals surface area (Å²) >= 11 is 0. The van der Waals surface area contributed by atoms with Crippen LogP contribution in [0.2, 0.25) is 0 Å². The average molecular weight is 274 g/mol. The van der Waals surface area contributed by atoms with Gasteiger partial charge in [-0.3, -0.25) is 4.98 Å². The second kappa shape index (κ2) is 6.80. The van der Waals surface area contributed by atoms with Crippen LogP contribution in [-0.4, -0.2) is 32.0 Å². The second-order valence-corrected chi connectivity index (χ2v) is 6.51. The molecule has 0 aromatic carbocycles. The Balaban J connectivity index is 2.69. The molecule has 1 aromatic rings. The summed E-state index contributed by atoms with van der Waals surface area (Å²) in [4.78, 5) is 4.03. The molecule has 1 unspecified atom stereocenters. The van der Waals surface area contributed by atoms with Crippen molar-refractivity contribution in [2.45, 2.75) is 25.8 Å². The number of rotatable bonds is 7. The molecule has 4 nitrogen and oxygen atoms in total. The van der Waals surface area contributed by atoms with Crippen LogP contribution < -0.4 is 5.32 Å². The fourth-order valence-electron chi connectivity index (χ4n) is 1.79. The van der Waals surface area contributed by atoms with Gasteiger partial charge in [0.2, 0.25) is 0 Å². The Bertz CT molecular complexity index is 477. The van der Waals surface area contributed by atoms with Gasteiger partial charge in [-0.15, -0.1) is 0 Å². The van der Waals surface area contributed by atoms with E-state index >= 15 is 0 Å². The topological polar surface area (TPSA) is 59.1 Å². The van der Waals surface area contributed by atoms with E-state index in [2.05, 4.69) is 10.3 Å². The molecule has 6 heteroatoms. The van der Waals surface area contributed by atoms with Gasteiger partial charge in [0.25, 0.3) is 0 Å². The maximum absolute atomic E-state index is 13.6. The van der Waals surface area contributed by atoms with Gasteiger partial charge < -0.3 is 5.32 Å². The lowest BCUT2D eigenvalue weighted by Crippen LogP contribution is -2.23. The number of sulfone groups is 1. The Kier molecular flexibility index (Phi) is 5.68. The fourth-order valence-corrected chi connectivity index (χ4v) is 2.48. The third-order valence-electron chi connectivity index (χ3n) is 2.58. The molecule has 0 spiro atoms. The average Bonchev–Trinajstić information content (AvgIpc) is 2.27. The van der Waals surface area contributed by atoms with Crippen molar-refractivity contribution in [1.82, 2.24) is 10.3 Å². The first-order valence-corrected chi connectivity index (χ1v) is 8.01. The van der Waals surface area contributed by atoms with Crippen LogP contribution in [-0.2, 0) is 9.84 Å². The number of nitrogens with zero attached hydrogens (tertiary/aromatic N) is 1. The number of nitrogens with one attached hydrogen (secondary N) is 1. The Morgan fingerprint density at radius 1 is 1.50 bits per heavy atom. The van der Waals surface area contributed by atoms with E-state index in [4.69, 9.17) is 0 Å². The van der Waals surface area contributed by atoms with Gasteiger partial charge >= 0.3 is 0 Å². The molecule has 1 aromatic heterocycles. The minimum Gasteiger partial charge on any atom is -0.309 e. The van der Waals surface area contributed by atoms with E-state index in [9.17, 15) is 12.8 Å². The van der Waals surface area contributed by atoms with Gasteiger partial charge in [-0.2, -0.15) is 0 Å². The third kappa shape index (κ3) is 5.10. The Morgan fingerprint density at radius 3 is 2.78 bits per heavy atom. The first-order valence-electron chi connectivity index (χ1n) is 5.95. The number of pyridine rings is 1. The number of hydrogen-bond donors (Lipinski definition) is 1. The summed E-state index contributed by atoms with van der Waals surface area (Å²) < 4.78 is 35.7. The van der Waals surface area contributed by atoms with Crippen LogP contribution in [0.15, 0.2) is 18.3 Å². The van der Waals surface area contributed by atoms with Gasteiger partial charge in [0.1, 0.15) is 15.7 Å². The fraction of sp³-hybridized carbons (Fsp3) is 0.583. The first kappa shape index (κ1) is 15.0. The SMILES string of the molecule is CCNC(CCCS(C)(=O)=O)c1ncccc1F. The molecular formula is C12H19FN2O2S. The molecule has 0 saturated carbocycles. The monoisotopic (exact) mass is 274 g/mol. The quantitative estimate of drug-likeness (QED) is 0.822. The van der Waals surface area contributed by atoms with Crippen molar-refractivity contribution in [1.29, 1.82) is 0 Å². The lowest BCUT2D eigenvalue weighted by molar-refractivity contribution is 0.466. The molecule has 0 aliphatic heterocycles. The number of hydrogen-bond acceptors (Lipinski definition) is 4. The summed E-state index contributed by atoms with van der Waals surface area (Å²) in [7, 11) is -2.97. The number of halogens is 1. The lowest BCUT2D eigenvalue weighted by atomic mass is 10.1. The van der Waals surface area contributed by atoms with E-state index in [1.807, 2.05) is 6.92 Å². The van der Waals surface area contributed by atoms with Crippen LogP contribution >= 0.6 is 0 Å². The molecule has 1 atom stereocenters. The zero-order valence-corrected chi connectivity index (χ0v) is 11.5. The zero-order chi connectivity index (χ0) is 13.6. The molecule has 0 fully saturated rings. The van der Waals surface area contributed by atoms with Crippen molar-refractivity contribution >= 4 is 9.84 Å². The molecule has 0 radical (unpaired) electrons. The Labute approximate surface area is 108 Å². The highest BCUT2D eigenvalue weighted by Crippen LogP contribution is 2.19. The van der Waals surface area contributed by atoms with Gasteiger partial charge in [0.05, 0.1) is 11.7 Å². The van der Waals surface area contributed by atoms with E-state index in [0.717, 1.165) is 0 Å². The van der Waals surface area contributed by atoms with E-state index in [1.54, 1.807) is 12.3 Å². The number of aromatic nitrogens is 1. The van der Waals surface area contributed by atoms with Crippen LogP contribution in [0.1, 0.15) is 31.5 Å². The molecule has 0 saturated heterocycles. The van der Waals surface area contributed by atoms with Crippen molar-refractivity contribution in [2.75, 3.05) is 18.6 Å². The normalized spacial score (nSPS) is 13.5. The highest BCUT2D eigenvalue weighted by molar-refractivity contribution is 7.90. The largest absolute Gasteiger partial charge is 0.309 e. The molecule has 1 rings (SSSR count). The molecule has 0 aliphatic rings. The highest BCUT2D eigenvalue weighted by Gasteiger charge is 2.16. The van der Waals surface area contributed by atoms with E-state index in [1.165, 1.54) is 12.3 Å². The van der Waals surface area contributed by atoms with E-state index in [0.29, 0.717) is 25.1 Å². The molecule has 102 valence electrons. The maximum atomic E-state index is 13.6. The van der Waals surface area contributed by atoms with Gasteiger partial charge in [-0.25, -0.2) is 12.8 Å². The Morgan fingerprint density at radius 2 is 2.22 bits per heavy atom. The van der Waals surface area contributed by atoms with Crippen LogP contribution in [0.5, 0.6) is 0 Å². The molecule has 0 amide bonds. The smallest absolute Gasteiger partial charge is 0.147 e. The maximum Gasteiger partial charge on any atom is 0.147 e. The molecule has 0 aliphatic carbocycles. The summed E-state index contributed by atoms with van der Waals surface area (Å²) in [6.07, 6.45) is 3.79. The van der Waals surface area contributed by atoms with Crippen molar-refractivity contribution in [2.24, 2.45) is 0 Å². The van der Waals surface area contributed by atoms with Crippen molar-refractivity contribution in [3.05, 3.63) is 29.8 Å². The van der Waals surface area contributed by atoms with Crippen LogP contribution in [0.4, 0.5) is 4.39 Å². The van der Waals surface area contributed by atoms with Gasteiger partial charge in [-0.1, -0.05) is 6.92 Å². The van der Waals surface area contributed by atoms with Gasteiger partial charge in [-0.05, 0) is 31.5 Å². The van der Waals surface area contributed by atoms with Crippen LogP contribution in [0, 0.1) is 5.82 Å². The van der Waals surface area contributed by atoms with Crippen molar-refractivity contribution < 1.29 is 12.8 Å². The third-order valence-corrected chi connectivity index (χ3v) is 3.61. The van der Waals surface area contributed by atoms with E-state index < -0.39 is 9.84 Å². The molecule has 18 heavy (non-hydrogen) atoms. The van der Waals surface area contributed by atoms with E-state index in [-0.39, 0.29) is 17.6 Å². The zero-order valence-electron chi connectivity index (χ0n) is 10.7. The predicted molar refractivity (Wildman–Crippen MR) is 69.6 cm³/mol. The molecule has 1 N–H and O–H groups in total. The summed E-state index contributed by atoms with van der Waals surface area (Å²) in [6.45, 7) is 2.60. The van der Waals surface area contributed by atoms with Crippen LogP contribution in [0.3, 0.4) is 0 Å². The molecule has 1 heterocycles. The molecule has 0 bridgehead atoms. The standard InChI is InChI=1S/C12H19FN2O2S/c1-3-14-11(7-5-9-18(2,16)17)12-10(13)6-4-8-15-12/h4,6,8,11,14H,3,5,7,9H2,1-2H3. The molecular weight excluding hydrogens is 255 g/mol. The minimum atomic E-state index is -2.97. The summed E-state index contributed by atoms with van der Waals surface area (Å²) in [6, 6.07) is 2.67. The highest BCUT2D eigenvalue weighted by atomic mass is 32.2. The first-order chi connectivity index (χ1) is 8.44. The summed E-state index contributed by atoms with van der Waals surface area (Å²) in [5, 5.41) is 3.13. The van der Waals surface area contributed by atoms with Gasteiger partial charge in [0, 0.05) is 18.2 Å². The minimum absolute atomic E-state index is 0.114. The lowest BCUT2D eigenvalue weighted by Gasteiger charge is -2.17. The van der Waals surface area contributed by atoms with Crippen LogP contribution in [0.25, 0.3) is 0 Å². The second-order valence-electron chi connectivity index (χ2n) is 4.25. The Hall–Kier alpha value is -1.01. The predicted octanol–water partition coefficient (Wildman–Crippen LogP) is 1.70. The van der Waals surface area contributed by atoms with Gasteiger partial charge in [0.15, 0.2) is 0 Å². The van der Waals surface area contributed by atoms with Crippen molar-refractivity contribution in [3.8, 4) is 0 Å². The summed E-state index contributed by atoms with van der Waals surface area (Å²) in [5.41, 5.74) is 0.354. The van der Waals surface area contributed by atoms with Crippen molar-refractivity contribution in [3.63, 3.8) is 0 Å².